The summed E-state index contributed by atoms with van der Waals surface area (Å²) in [5.41, 5.74) is 13.3. The van der Waals surface area contributed by atoms with Gasteiger partial charge in [-0.05, 0) is 62.2 Å². The van der Waals surface area contributed by atoms with Crippen molar-refractivity contribution in [3.63, 3.8) is 0 Å². The van der Waals surface area contributed by atoms with Crippen LogP contribution in [0.4, 0.5) is 0 Å². The molecule has 6 aromatic carbocycles. The fourth-order valence-electron chi connectivity index (χ4n) is 7.30. The molecule has 46 heavy (non-hydrogen) atoms. The van der Waals surface area contributed by atoms with Crippen molar-refractivity contribution in [2.24, 2.45) is 0 Å². The zero-order valence-electron chi connectivity index (χ0n) is 24.8. The van der Waals surface area contributed by atoms with Crippen molar-refractivity contribution in [3.8, 4) is 55.9 Å². The lowest BCUT2D eigenvalue weighted by molar-refractivity contribution is 1.36. The van der Waals surface area contributed by atoms with Crippen molar-refractivity contribution in [3.05, 3.63) is 152 Å². The molecule has 0 saturated heterocycles. The number of fused-ring (bicyclic) bond motifs is 7. The van der Waals surface area contributed by atoms with Crippen LogP contribution < -0.4 is 0 Å². The molecule has 0 atom stereocenters. The molecule has 1 aliphatic carbocycles. The number of rotatable bonds is 3. The summed E-state index contributed by atoms with van der Waals surface area (Å²) < 4.78 is 0. The maximum Gasteiger partial charge on any atom is 0.0972 e. The quantitative estimate of drug-likeness (QED) is 0.194. The summed E-state index contributed by atoms with van der Waals surface area (Å²) in [5.74, 6) is 0. The molecule has 0 radical (unpaired) electrons. The third-order valence-corrected chi connectivity index (χ3v) is 9.48. The van der Waals surface area contributed by atoms with Crippen molar-refractivity contribution in [2.45, 2.75) is 0 Å². The predicted octanol–water partition coefficient (Wildman–Crippen LogP) is 11.1. The first-order chi connectivity index (χ1) is 22.8. The van der Waals surface area contributed by atoms with Gasteiger partial charge in [-0.2, -0.15) is 0 Å². The van der Waals surface area contributed by atoms with Gasteiger partial charge in [0.1, 0.15) is 0 Å². The summed E-state index contributed by atoms with van der Waals surface area (Å²) >= 11 is 0. The Hall–Kier alpha value is -6.19. The maximum absolute atomic E-state index is 5.32. The minimum Gasteiger partial charge on any atom is -0.263 e. The van der Waals surface area contributed by atoms with Crippen LogP contribution in [0.3, 0.4) is 0 Å². The highest BCUT2D eigenvalue weighted by Gasteiger charge is 2.22. The van der Waals surface area contributed by atoms with E-state index in [4.69, 9.17) is 9.97 Å². The molecule has 3 aromatic heterocycles. The van der Waals surface area contributed by atoms with Gasteiger partial charge in [-0.3, -0.25) is 4.98 Å². The molecule has 3 heteroatoms. The van der Waals surface area contributed by atoms with Crippen molar-refractivity contribution in [1.82, 2.24) is 15.0 Å². The van der Waals surface area contributed by atoms with Gasteiger partial charge >= 0.3 is 0 Å². The molecule has 1 aliphatic rings. The molecule has 3 heterocycles. The highest BCUT2D eigenvalue weighted by Crippen LogP contribution is 2.49. The van der Waals surface area contributed by atoms with Gasteiger partial charge in [-0.25, -0.2) is 9.97 Å². The minimum absolute atomic E-state index is 0.910. The van der Waals surface area contributed by atoms with E-state index in [2.05, 4.69) is 145 Å². The van der Waals surface area contributed by atoms with Crippen LogP contribution in [0.1, 0.15) is 0 Å². The van der Waals surface area contributed by atoms with Gasteiger partial charge in [0.15, 0.2) is 0 Å². The molecular weight excluding hydrogens is 558 g/mol. The molecular formula is C43H25N3. The smallest absolute Gasteiger partial charge is 0.0972 e. The number of pyridine rings is 3. The van der Waals surface area contributed by atoms with E-state index < -0.39 is 0 Å². The largest absolute Gasteiger partial charge is 0.263 e. The molecule has 3 nitrogen and oxygen atoms in total. The van der Waals surface area contributed by atoms with E-state index in [9.17, 15) is 0 Å². The summed E-state index contributed by atoms with van der Waals surface area (Å²) in [4.78, 5) is 15.1. The monoisotopic (exact) mass is 583 g/mol. The van der Waals surface area contributed by atoms with Crippen LogP contribution in [-0.4, -0.2) is 15.0 Å². The van der Waals surface area contributed by atoms with E-state index in [1.165, 1.54) is 38.4 Å². The second-order valence-electron chi connectivity index (χ2n) is 12.0. The molecule has 0 saturated carbocycles. The Balaban J connectivity index is 1.13. The average Bonchev–Trinajstić information content (AvgIpc) is 3.46. The van der Waals surface area contributed by atoms with Crippen LogP contribution >= 0.6 is 0 Å². The van der Waals surface area contributed by atoms with Crippen molar-refractivity contribution >= 4 is 43.4 Å². The standard InChI is InChI=1S/C43H25N3/c1-2-10-31-30(7-1)24-44-25-38(31)28-8-5-9-29(23-28)39-21-17-26-15-16-27-18-22-40(46-43(27)42(26)45-39)34-19-20-37-33-12-4-3-11-32(33)35-13-6-14-36(34)41(35)37/h1-25H. The van der Waals surface area contributed by atoms with Crippen molar-refractivity contribution in [1.29, 1.82) is 0 Å². The summed E-state index contributed by atoms with van der Waals surface area (Å²) in [6.07, 6.45) is 3.87. The number of hydrogen-bond acceptors (Lipinski definition) is 3. The summed E-state index contributed by atoms with van der Waals surface area (Å²) in [7, 11) is 0. The van der Waals surface area contributed by atoms with Gasteiger partial charge in [0, 0.05) is 45.2 Å². The Labute approximate surface area is 265 Å². The van der Waals surface area contributed by atoms with Gasteiger partial charge in [-0.1, -0.05) is 121 Å². The lowest BCUT2D eigenvalue weighted by Crippen LogP contribution is -1.92. The van der Waals surface area contributed by atoms with Gasteiger partial charge in [0.25, 0.3) is 0 Å². The van der Waals surface area contributed by atoms with Crippen LogP contribution in [0.15, 0.2) is 152 Å². The average molecular weight is 584 g/mol. The van der Waals surface area contributed by atoms with Gasteiger partial charge < -0.3 is 0 Å². The molecule has 0 spiro atoms. The Morgan fingerprint density at radius 2 is 0.957 bits per heavy atom. The molecule has 0 bridgehead atoms. The fraction of sp³-hybridized carbons (Fsp3) is 0. The first-order valence-corrected chi connectivity index (χ1v) is 15.6. The summed E-state index contributed by atoms with van der Waals surface area (Å²) in [6, 6.07) is 49.7. The first kappa shape index (κ1) is 25.2. The SMILES string of the molecule is c1cc(-c2ccc3ccc4ccc(-c5ccc6c7c(cccc57)-c5ccccc5-6)nc4c3n2)cc(-c2cncc3ccccc23)c1. The molecule has 0 N–H and O–H groups in total. The van der Waals surface area contributed by atoms with Crippen LogP contribution in [-0.2, 0) is 0 Å². The minimum atomic E-state index is 0.910. The Morgan fingerprint density at radius 3 is 1.80 bits per heavy atom. The van der Waals surface area contributed by atoms with Gasteiger partial charge in [0.05, 0.1) is 22.4 Å². The molecule has 0 unspecified atom stereocenters. The van der Waals surface area contributed by atoms with E-state index >= 15 is 0 Å². The van der Waals surface area contributed by atoms with E-state index in [1.54, 1.807) is 0 Å². The lowest BCUT2D eigenvalue weighted by atomic mass is 9.96. The van der Waals surface area contributed by atoms with Crippen LogP contribution in [0, 0.1) is 0 Å². The molecule has 0 aliphatic heterocycles. The number of hydrogen-bond donors (Lipinski definition) is 0. The predicted molar refractivity (Wildman–Crippen MR) is 191 cm³/mol. The highest BCUT2D eigenvalue weighted by molar-refractivity contribution is 6.18. The Morgan fingerprint density at radius 1 is 0.348 bits per heavy atom. The normalized spacial score (nSPS) is 11.9. The topological polar surface area (TPSA) is 38.7 Å². The van der Waals surface area contributed by atoms with Gasteiger partial charge in [0.2, 0.25) is 0 Å². The van der Waals surface area contributed by atoms with Gasteiger partial charge in [-0.15, -0.1) is 0 Å². The zero-order valence-corrected chi connectivity index (χ0v) is 24.8. The Kier molecular flexibility index (Phi) is 5.28. The van der Waals surface area contributed by atoms with Crippen LogP contribution in [0.5, 0.6) is 0 Å². The summed E-state index contributed by atoms with van der Waals surface area (Å²) in [5, 5.41) is 7.01. The lowest BCUT2D eigenvalue weighted by Gasteiger charge is -2.12. The maximum atomic E-state index is 5.32. The van der Waals surface area contributed by atoms with E-state index in [1.807, 2.05) is 12.4 Å². The third-order valence-electron chi connectivity index (χ3n) is 9.48. The Bertz CT molecular complexity index is 2670. The first-order valence-electron chi connectivity index (χ1n) is 15.6. The molecule has 0 amide bonds. The number of benzene rings is 6. The van der Waals surface area contributed by atoms with E-state index in [-0.39, 0.29) is 0 Å². The second kappa shape index (κ2) is 9.65. The number of aromatic nitrogens is 3. The van der Waals surface area contributed by atoms with Crippen LogP contribution in [0.25, 0.3) is 99.2 Å². The van der Waals surface area contributed by atoms with Crippen LogP contribution in [0.2, 0.25) is 0 Å². The number of nitrogens with zero attached hydrogens (tertiary/aromatic N) is 3. The van der Waals surface area contributed by atoms with Crippen molar-refractivity contribution < 1.29 is 0 Å². The molecule has 0 fully saturated rings. The fourth-order valence-corrected chi connectivity index (χ4v) is 7.30. The summed E-state index contributed by atoms with van der Waals surface area (Å²) in [6.45, 7) is 0. The third kappa shape index (κ3) is 3.69. The molecule has 212 valence electrons. The molecule has 9 aromatic rings. The van der Waals surface area contributed by atoms with E-state index in [0.29, 0.717) is 0 Å². The highest BCUT2D eigenvalue weighted by atomic mass is 14.8. The second-order valence-corrected chi connectivity index (χ2v) is 12.0. The zero-order chi connectivity index (χ0) is 30.2. The van der Waals surface area contributed by atoms with Crippen molar-refractivity contribution in [2.75, 3.05) is 0 Å². The van der Waals surface area contributed by atoms with E-state index in [0.717, 1.165) is 60.8 Å². The molecule has 10 rings (SSSR count).